The van der Waals surface area contributed by atoms with Crippen molar-refractivity contribution in [3.63, 3.8) is 0 Å². The van der Waals surface area contributed by atoms with E-state index < -0.39 is 15.9 Å². The molecule has 0 bridgehead atoms. The van der Waals surface area contributed by atoms with Gasteiger partial charge in [0.25, 0.3) is 5.91 Å². The molecule has 0 spiro atoms. The lowest BCUT2D eigenvalue weighted by molar-refractivity contribution is -0.121. The van der Waals surface area contributed by atoms with E-state index in [0.717, 1.165) is 41.3 Å². The zero-order valence-electron chi connectivity index (χ0n) is 18.4. The maximum absolute atomic E-state index is 13.5. The first-order valence-corrected chi connectivity index (χ1v) is 12.0. The van der Waals surface area contributed by atoms with E-state index in [1.807, 2.05) is 30.3 Å². The van der Waals surface area contributed by atoms with Crippen LogP contribution < -0.4 is 14.9 Å². The van der Waals surface area contributed by atoms with Crippen LogP contribution in [0.4, 0.5) is 0 Å². The maximum atomic E-state index is 13.5. The fraction of sp³-hybridized carbons (Fsp3) is 0.391. The molecule has 8 nitrogen and oxygen atoms in total. The van der Waals surface area contributed by atoms with Gasteiger partial charge < -0.3 is 9.47 Å². The molecule has 0 radical (unpaired) electrons. The van der Waals surface area contributed by atoms with Gasteiger partial charge in [-0.2, -0.15) is 9.41 Å². The number of hydrogen-bond acceptors (Lipinski definition) is 6. The summed E-state index contributed by atoms with van der Waals surface area (Å²) in [5.41, 5.74) is 4.24. The third-order valence-corrected chi connectivity index (χ3v) is 7.07. The molecule has 2 aromatic rings. The molecule has 1 N–H and O–H groups in total. The summed E-state index contributed by atoms with van der Waals surface area (Å²) < 4.78 is 38.5. The van der Waals surface area contributed by atoms with Crippen molar-refractivity contribution >= 4 is 21.6 Å². The molecule has 0 aromatic heterocycles. The Morgan fingerprint density at radius 2 is 1.69 bits per heavy atom. The van der Waals surface area contributed by atoms with Crippen LogP contribution in [0.25, 0.3) is 0 Å². The zero-order valence-corrected chi connectivity index (χ0v) is 19.2. The number of carbonyl (C=O) groups excluding carboxylic acids is 1. The summed E-state index contributed by atoms with van der Waals surface area (Å²) in [6.45, 7) is -0.316. The molecule has 32 heavy (non-hydrogen) atoms. The van der Waals surface area contributed by atoms with Crippen LogP contribution in [-0.4, -0.2) is 45.1 Å². The molecule has 9 heteroatoms. The lowest BCUT2D eigenvalue weighted by atomic mass is 9.99. The Kier molecular flexibility index (Phi) is 8.24. The minimum Gasteiger partial charge on any atom is -0.493 e. The molecule has 2 aromatic carbocycles. The highest BCUT2D eigenvalue weighted by Crippen LogP contribution is 2.31. The van der Waals surface area contributed by atoms with Crippen molar-refractivity contribution in [1.82, 2.24) is 9.73 Å². The zero-order chi connectivity index (χ0) is 23.0. The molecule has 0 aliphatic heterocycles. The van der Waals surface area contributed by atoms with Crippen molar-refractivity contribution in [3.8, 4) is 11.5 Å². The van der Waals surface area contributed by atoms with Crippen LogP contribution in [0.3, 0.4) is 0 Å². The largest absolute Gasteiger partial charge is 0.493 e. The Hall–Kier alpha value is -2.91. The number of sulfonamides is 1. The fourth-order valence-corrected chi connectivity index (χ4v) is 4.95. The van der Waals surface area contributed by atoms with Crippen molar-refractivity contribution in [3.05, 3.63) is 54.1 Å². The van der Waals surface area contributed by atoms with E-state index in [0.29, 0.717) is 11.5 Å². The van der Waals surface area contributed by atoms with Gasteiger partial charge in [0, 0.05) is 18.3 Å². The summed E-state index contributed by atoms with van der Waals surface area (Å²) in [6, 6.07) is 13.5. The smallest absolute Gasteiger partial charge is 0.255 e. The SMILES string of the molecule is COc1ccc(S(=O)(=O)N(CC(=O)NN=C2CCCCC2)Cc2ccccc2)cc1OC. The van der Waals surface area contributed by atoms with Crippen LogP contribution in [-0.2, 0) is 21.4 Å². The van der Waals surface area contributed by atoms with Crippen LogP contribution >= 0.6 is 0 Å². The highest BCUT2D eigenvalue weighted by atomic mass is 32.2. The van der Waals surface area contributed by atoms with E-state index in [1.54, 1.807) is 0 Å². The molecule has 1 aliphatic rings. The van der Waals surface area contributed by atoms with E-state index >= 15 is 0 Å². The average Bonchev–Trinajstić information content (AvgIpc) is 2.83. The number of rotatable bonds is 9. The van der Waals surface area contributed by atoms with Gasteiger partial charge in [-0.1, -0.05) is 36.8 Å². The van der Waals surface area contributed by atoms with Crippen LogP contribution in [0, 0.1) is 0 Å². The summed E-state index contributed by atoms with van der Waals surface area (Å²) in [5, 5.41) is 4.21. The van der Waals surface area contributed by atoms with Crippen molar-refractivity contribution in [1.29, 1.82) is 0 Å². The van der Waals surface area contributed by atoms with Crippen LogP contribution in [0.1, 0.15) is 37.7 Å². The van der Waals surface area contributed by atoms with Crippen molar-refractivity contribution in [2.75, 3.05) is 20.8 Å². The van der Waals surface area contributed by atoms with Gasteiger partial charge in [-0.3, -0.25) is 4.79 Å². The Balaban J connectivity index is 1.85. The van der Waals surface area contributed by atoms with Gasteiger partial charge >= 0.3 is 0 Å². The quantitative estimate of drug-likeness (QED) is 0.580. The first kappa shape index (κ1) is 23.7. The van der Waals surface area contributed by atoms with E-state index in [-0.39, 0.29) is 18.0 Å². The second-order valence-corrected chi connectivity index (χ2v) is 9.49. The van der Waals surface area contributed by atoms with Gasteiger partial charge in [0.15, 0.2) is 11.5 Å². The van der Waals surface area contributed by atoms with Crippen molar-refractivity contribution in [2.45, 2.75) is 43.5 Å². The molecule has 1 amide bonds. The minimum atomic E-state index is -4.01. The van der Waals surface area contributed by atoms with E-state index in [1.165, 1.54) is 38.8 Å². The standard InChI is InChI=1S/C23H29N3O5S/c1-30-21-14-13-20(15-22(21)31-2)32(28,29)26(16-18-9-5-3-6-10-18)17-23(27)25-24-19-11-7-4-8-12-19/h3,5-6,9-10,13-15H,4,7-8,11-12,16-17H2,1-2H3,(H,25,27). The number of methoxy groups -OCH3 is 2. The second kappa shape index (κ2) is 11.1. The number of nitrogens with one attached hydrogen (secondary N) is 1. The Bertz CT molecular complexity index is 1050. The third kappa shape index (κ3) is 6.08. The fourth-order valence-electron chi connectivity index (χ4n) is 3.55. The predicted octanol–water partition coefficient (Wildman–Crippen LogP) is 3.33. The molecular weight excluding hydrogens is 430 g/mol. The van der Waals surface area contributed by atoms with Crippen LogP contribution in [0.2, 0.25) is 0 Å². The first-order valence-electron chi connectivity index (χ1n) is 10.5. The van der Waals surface area contributed by atoms with Crippen LogP contribution in [0.5, 0.6) is 11.5 Å². The Labute approximate surface area is 189 Å². The Morgan fingerprint density at radius 3 is 2.34 bits per heavy atom. The van der Waals surface area contributed by atoms with Gasteiger partial charge in [0.05, 0.1) is 25.7 Å². The highest BCUT2D eigenvalue weighted by molar-refractivity contribution is 7.89. The predicted molar refractivity (Wildman–Crippen MR) is 122 cm³/mol. The van der Waals surface area contributed by atoms with Gasteiger partial charge in [0.2, 0.25) is 10.0 Å². The molecule has 172 valence electrons. The molecule has 0 unspecified atom stereocenters. The Morgan fingerprint density at radius 1 is 1.00 bits per heavy atom. The summed E-state index contributed by atoms with van der Waals surface area (Å²) >= 11 is 0. The lowest BCUT2D eigenvalue weighted by Gasteiger charge is -2.22. The number of ether oxygens (including phenoxy) is 2. The third-order valence-electron chi connectivity index (χ3n) is 5.28. The van der Waals surface area contributed by atoms with Gasteiger partial charge in [-0.05, 0) is 43.4 Å². The highest BCUT2D eigenvalue weighted by Gasteiger charge is 2.28. The molecule has 1 saturated carbocycles. The molecule has 1 aliphatic carbocycles. The van der Waals surface area contributed by atoms with Gasteiger partial charge in [-0.15, -0.1) is 0 Å². The normalized spacial score (nSPS) is 14.2. The number of carbonyl (C=O) groups is 1. The van der Waals surface area contributed by atoms with Gasteiger partial charge in [-0.25, -0.2) is 13.8 Å². The van der Waals surface area contributed by atoms with E-state index in [2.05, 4.69) is 10.5 Å². The lowest BCUT2D eigenvalue weighted by Crippen LogP contribution is -2.39. The summed E-state index contributed by atoms with van der Waals surface area (Å²) in [6.07, 6.45) is 5.00. The maximum Gasteiger partial charge on any atom is 0.255 e. The number of benzene rings is 2. The minimum absolute atomic E-state index is 0.0116. The number of amides is 1. The monoisotopic (exact) mass is 459 g/mol. The molecule has 0 heterocycles. The van der Waals surface area contributed by atoms with Gasteiger partial charge in [0.1, 0.15) is 0 Å². The number of hydrogen-bond donors (Lipinski definition) is 1. The van der Waals surface area contributed by atoms with E-state index in [4.69, 9.17) is 9.47 Å². The molecule has 0 saturated heterocycles. The topological polar surface area (TPSA) is 97.3 Å². The number of nitrogens with zero attached hydrogens (tertiary/aromatic N) is 2. The summed E-state index contributed by atoms with van der Waals surface area (Å²) in [4.78, 5) is 12.6. The summed E-state index contributed by atoms with van der Waals surface area (Å²) in [5.74, 6) is 0.228. The van der Waals surface area contributed by atoms with Crippen molar-refractivity contribution in [2.24, 2.45) is 5.10 Å². The first-order chi connectivity index (χ1) is 15.4. The molecule has 0 atom stereocenters. The summed E-state index contributed by atoms with van der Waals surface area (Å²) in [7, 11) is -1.09. The molecule has 1 fully saturated rings. The molecule has 3 rings (SSSR count). The molecular formula is C23H29N3O5S. The number of hydrazone groups is 1. The average molecular weight is 460 g/mol. The van der Waals surface area contributed by atoms with Crippen molar-refractivity contribution < 1.29 is 22.7 Å². The second-order valence-electron chi connectivity index (χ2n) is 7.55. The van der Waals surface area contributed by atoms with Crippen LogP contribution in [0.15, 0.2) is 58.5 Å². The van der Waals surface area contributed by atoms with E-state index in [9.17, 15) is 13.2 Å².